The van der Waals surface area contributed by atoms with E-state index in [0.717, 1.165) is 12.1 Å². The van der Waals surface area contributed by atoms with Crippen molar-refractivity contribution in [3.8, 4) is 0 Å². The number of nitrogens with zero attached hydrogens (tertiary/aromatic N) is 1. The number of aromatic nitrogens is 1. The van der Waals surface area contributed by atoms with E-state index in [0.29, 0.717) is 12.1 Å². The maximum Gasteiger partial charge on any atom is 0.0372 e. The molecule has 0 fully saturated rings. The topological polar surface area (TPSA) is 24.9 Å². The van der Waals surface area contributed by atoms with Gasteiger partial charge in [0, 0.05) is 24.0 Å². The van der Waals surface area contributed by atoms with E-state index in [1.165, 1.54) is 11.1 Å². The van der Waals surface area contributed by atoms with Gasteiger partial charge in [-0.15, -0.1) is 0 Å². The molecule has 2 rings (SSSR count). The molecule has 0 saturated carbocycles. The van der Waals surface area contributed by atoms with Crippen molar-refractivity contribution in [3.63, 3.8) is 0 Å². The van der Waals surface area contributed by atoms with Gasteiger partial charge in [-0.1, -0.05) is 43.3 Å². The summed E-state index contributed by atoms with van der Waals surface area (Å²) < 4.78 is 0. The van der Waals surface area contributed by atoms with Crippen molar-refractivity contribution in [3.05, 3.63) is 65.5 Å². The largest absolute Gasteiger partial charge is 0.303 e. The highest BCUT2D eigenvalue weighted by Crippen LogP contribution is 2.21. The lowest BCUT2D eigenvalue weighted by atomic mass is 10.0. The molecule has 0 aliphatic carbocycles. The SMILES string of the molecule is CCC(N[C@@H](C)c1ccccc1)c1ccc(C)nc1. The zero-order chi connectivity index (χ0) is 13.7. The Morgan fingerprint density at radius 1 is 1.05 bits per heavy atom. The van der Waals surface area contributed by atoms with Crippen LogP contribution in [0.2, 0.25) is 0 Å². The van der Waals surface area contributed by atoms with Crippen LogP contribution in [0, 0.1) is 6.92 Å². The Balaban J connectivity index is 2.09. The van der Waals surface area contributed by atoms with Crippen LogP contribution in [0.3, 0.4) is 0 Å². The first-order valence-electron chi connectivity index (χ1n) is 6.94. The molecule has 0 bridgehead atoms. The van der Waals surface area contributed by atoms with Crippen molar-refractivity contribution >= 4 is 0 Å². The molecule has 0 aliphatic heterocycles. The maximum atomic E-state index is 4.39. The summed E-state index contributed by atoms with van der Waals surface area (Å²) in [4.78, 5) is 4.39. The van der Waals surface area contributed by atoms with Crippen LogP contribution in [-0.2, 0) is 0 Å². The lowest BCUT2D eigenvalue weighted by Gasteiger charge is -2.23. The van der Waals surface area contributed by atoms with E-state index >= 15 is 0 Å². The van der Waals surface area contributed by atoms with Crippen LogP contribution < -0.4 is 5.32 Å². The highest BCUT2D eigenvalue weighted by molar-refractivity contribution is 5.21. The number of benzene rings is 1. The Morgan fingerprint density at radius 2 is 1.79 bits per heavy atom. The first-order valence-corrected chi connectivity index (χ1v) is 6.94. The van der Waals surface area contributed by atoms with Gasteiger partial charge in [0.25, 0.3) is 0 Å². The van der Waals surface area contributed by atoms with Crippen molar-refractivity contribution in [2.75, 3.05) is 0 Å². The Labute approximate surface area is 115 Å². The molecular weight excluding hydrogens is 232 g/mol. The number of pyridine rings is 1. The summed E-state index contributed by atoms with van der Waals surface area (Å²) >= 11 is 0. The standard InChI is InChI=1S/C17H22N2/c1-4-17(16-11-10-13(2)18-12-16)19-14(3)15-8-6-5-7-9-15/h5-12,14,17,19H,4H2,1-3H3/t14-,17?/m0/s1. The molecule has 1 aromatic heterocycles. The van der Waals surface area contributed by atoms with Crippen LogP contribution in [0.5, 0.6) is 0 Å². The monoisotopic (exact) mass is 254 g/mol. The van der Waals surface area contributed by atoms with Gasteiger partial charge in [0.1, 0.15) is 0 Å². The molecule has 2 nitrogen and oxygen atoms in total. The van der Waals surface area contributed by atoms with Gasteiger partial charge in [0.15, 0.2) is 0 Å². The molecule has 100 valence electrons. The van der Waals surface area contributed by atoms with Gasteiger partial charge in [-0.05, 0) is 37.5 Å². The Kier molecular flexibility index (Phi) is 4.69. The molecule has 1 unspecified atom stereocenters. The Morgan fingerprint density at radius 3 is 2.37 bits per heavy atom. The molecule has 1 N–H and O–H groups in total. The van der Waals surface area contributed by atoms with E-state index < -0.39 is 0 Å². The lowest BCUT2D eigenvalue weighted by molar-refractivity contribution is 0.455. The van der Waals surface area contributed by atoms with Gasteiger partial charge >= 0.3 is 0 Å². The third-order valence-electron chi connectivity index (χ3n) is 3.50. The molecule has 0 amide bonds. The van der Waals surface area contributed by atoms with Gasteiger partial charge < -0.3 is 5.32 Å². The second-order valence-electron chi connectivity index (χ2n) is 4.99. The van der Waals surface area contributed by atoms with Crippen LogP contribution in [0.4, 0.5) is 0 Å². The fraction of sp³-hybridized carbons (Fsp3) is 0.353. The number of hydrogen-bond donors (Lipinski definition) is 1. The first-order chi connectivity index (χ1) is 9.20. The summed E-state index contributed by atoms with van der Waals surface area (Å²) in [5.41, 5.74) is 3.65. The number of hydrogen-bond acceptors (Lipinski definition) is 2. The minimum Gasteiger partial charge on any atom is -0.303 e. The smallest absolute Gasteiger partial charge is 0.0372 e. The third kappa shape index (κ3) is 3.65. The molecule has 19 heavy (non-hydrogen) atoms. The summed E-state index contributed by atoms with van der Waals surface area (Å²) in [6, 6.07) is 15.5. The second-order valence-corrected chi connectivity index (χ2v) is 4.99. The fourth-order valence-corrected chi connectivity index (χ4v) is 2.27. The summed E-state index contributed by atoms with van der Waals surface area (Å²) in [6.45, 7) is 6.43. The number of rotatable bonds is 5. The van der Waals surface area contributed by atoms with Crippen LogP contribution in [0.25, 0.3) is 0 Å². The lowest BCUT2D eigenvalue weighted by Crippen LogP contribution is -2.24. The molecule has 2 heteroatoms. The van der Waals surface area contributed by atoms with Crippen molar-refractivity contribution in [1.29, 1.82) is 0 Å². The number of aryl methyl sites for hydroxylation is 1. The molecule has 0 radical (unpaired) electrons. The van der Waals surface area contributed by atoms with Crippen LogP contribution in [0.1, 0.15) is 49.2 Å². The first kappa shape index (κ1) is 13.8. The van der Waals surface area contributed by atoms with E-state index in [1.807, 2.05) is 13.1 Å². The zero-order valence-corrected chi connectivity index (χ0v) is 11.9. The summed E-state index contributed by atoms with van der Waals surface area (Å²) in [5.74, 6) is 0. The van der Waals surface area contributed by atoms with Crippen molar-refractivity contribution in [1.82, 2.24) is 10.3 Å². The summed E-state index contributed by atoms with van der Waals surface area (Å²) in [6.07, 6.45) is 3.04. The molecule has 0 spiro atoms. The third-order valence-corrected chi connectivity index (χ3v) is 3.50. The van der Waals surface area contributed by atoms with Crippen LogP contribution in [-0.4, -0.2) is 4.98 Å². The molecule has 1 aromatic carbocycles. The van der Waals surface area contributed by atoms with Crippen LogP contribution >= 0.6 is 0 Å². The van der Waals surface area contributed by atoms with E-state index in [1.54, 1.807) is 0 Å². The molecular formula is C17H22N2. The fourth-order valence-electron chi connectivity index (χ4n) is 2.27. The number of nitrogens with one attached hydrogen (secondary N) is 1. The highest BCUT2D eigenvalue weighted by atomic mass is 14.9. The average Bonchev–Trinajstić information content (AvgIpc) is 2.46. The summed E-state index contributed by atoms with van der Waals surface area (Å²) in [7, 11) is 0. The van der Waals surface area contributed by atoms with E-state index in [2.05, 4.69) is 66.6 Å². The van der Waals surface area contributed by atoms with E-state index in [9.17, 15) is 0 Å². The van der Waals surface area contributed by atoms with Gasteiger partial charge in [-0.25, -0.2) is 0 Å². The van der Waals surface area contributed by atoms with Crippen LogP contribution in [0.15, 0.2) is 48.7 Å². The van der Waals surface area contributed by atoms with Crippen molar-refractivity contribution in [2.45, 2.75) is 39.3 Å². The van der Waals surface area contributed by atoms with Crippen molar-refractivity contribution < 1.29 is 0 Å². The van der Waals surface area contributed by atoms with Gasteiger partial charge in [-0.3, -0.25) is 4.98 Å². The molecule has 0 aliphatic rings. The quantitative estimate of drug-likeness (QED) is 0.865. The van der Waals surface area contributed by atoms with Gasteiger partial charge in [-0.2, -0.15) is 0 Å². The molecule has 0 saturated heterocycles. The average molecular weight is 254 g/mol. The predicted octanol–water partition coefficient (Wildman–Crippen LogP) is 4.19. The minimum atomic E-state index is 0.340. The van der Waals surface area contributed by atoms with Gasteiger partial charge in [0.2, 0.25) is 0 Å². The molecule has 2 atom stereocenters. The Hall–Kier alpha value is -1.67. The van der Waals surface area contributed by atoms with E-state index in [-0.39, 0.29) is 0 Å². The van der Waals surface area contributed by atoms with E-state index in [4.69, 9.17) is 0 Å². The van der Waals surface area contributed by atoms with Crippen molar-refractivity contribution in [2.24, 2.45) is 0 Å². The second kappa shape index (κ2) is 6.48. The molecule has 1 heterocycles. The Bertz CT molecular complexity index is 490. The normalized spacial score (nSPS) is 14.1. The minimum absolute atomic E-state index is 0.340. The maximum absolute atomic E-state index is 4.39. The summed E-state index contributed by atoms with van der Waals surface area (Å²) in [5, 5.41) is 3.68. The highest BCUT2D eigenvalue weighted by Gasteiger charge is 2.13. The molecule has 2 aromatic rings. The zero-order valence-electron chi connectivity index (χ0n) is 11.9. The predicted molar refractivity (Wildman–Crippen MR) is 80.0 cm³/mol. The van der Waals surface area contributed by atoms with Gasteiger partial charge in [0.05, 0.1) is 0 Å².